The van der Waals surface area contributed by atoms with Crippen LogP contribution in [-0.4, -0.2) is 29.5 Å². The van der Waals surface area contributed by atoms with E-state index in [0.29, 0.717) is 23.0 Å². The van der Waals surface area contributed by atoms with Gasteiger partial charge in [-0.05, 0) is 43.9 Å². The van der Waals surface area contributed by atoms with Gasteiger partial charge in [-0.3, -0.25) is 0 Å². The normalized spacial score (nSPS) is 17.0. The van der Waals surface area contributed by atoms with Gasteiger partial charge in [-0.25, -0.2) is 0 Å². The third-order valence-corrected chi connectivity index (χ3v) is 4.06. The van der Waals surface area contributed by atoms with E-state index < -0.39 is 5.60 Å². The standard InChI is InChI=1S/C15H18N2O4/c1-19-12-9-10(5-6-11(12)18)13-16-14(17-21-13)15(20-2)7-3-4-8-15/h5-6,9,18H,3-4,7-8H2,1-2H3. The number of methoxy groups -OCH3 is 2. The molecule has 0 amide bonds. The lowest BCUT2D eigenvalue weighted by atomic mass is 10.0. The van der Waals surface area contributed by atoms with E-state index in [-0.39, 0.29) is 5.75 Å². The van der Waals surface area contributed by atoms with Crippen LogP contribution in [0, 0.1) is 0 Å². The third kappa shape index (κ3) is 2.35. The number of benzene rings is 1. The quantitative estimate of drug-likeness (QED) is 0.933. The van der Waals surface area contributed by atoms with E-state index in [1.54, 1.807) is 25.3 Å². The first-order chi connectivity index (χ1) is 10.2. The van der Waals surface area contributed by atoms with E-state index >= 15 is 0 Å². The Balaban J connectivity index is 1.95. The van der Waals surface area contributed by atoms with Crippen molar-refractivity contribution in [1.82, 2.24) is 10.1 Å². The molecule has 0 aliphatic heterocycles. The van der Waals surface area contributed by atoms with Crippen LogP contribution in [0.5, 0.6) is 11.5 Å². The van der Waals surface area contributed by atoms with Gasteiger partial charge in [0.1, 0.15) is 5.60 Å². The molecule has 1 heterocycles. The van der Waals surface area contributed by atoms with Crippen LogP contribution in [0.4, 0.5) is 0 Å². The average molecular weight is 290 g/mol. The molecule has 0 saturated heterocycles. The van der Waals surface area contributed by atoms with E-state index in [1.807, 2.05) is 0 Å². The molecular formula is C15H18N2O4. The SMILES string of the molecule is COc1cc(-c2nc(C3(OC)CCCC3)no2)ccc1O. The fraction of sp³-hybridized carbons (Fsp3) is 0.467. The molecule has 1 fully saturated rings. The second kappa shape index (κ2) is 5.37. The summed E-state index contributed by atoms with van der Waals surface area (Å²) in [7, 11) is 3.18. The van der Waals surface area contributed by atoms with Gasteiger partial charge in [0.15, 0.2) is 11.5 Å². The maximum absolute atomic E-state index is 9.63. The summed E-state index contributed by atoms with van der Waals surface area (Å²) in [5.74, 6) is 1.43. The Kier molecular flexibility index (Phi) is 3.55. The highest BCUT2D eigenvalue weighted by Crippen LogP contribution is 2.41. The molecule has 0 bridgehead atoms. The van der Waals surface area contributed by atoms with Gasteiger partial charge >= 0.3 is 0 Å². The predicted octanol–water partition coefficient (Wildman–Crippen LogP) is 2.87. The Morgan fingerprint density at radius 3 is 2.67 bits per heavy atom. The molecule has 1 aliphatic carbocycles. The van der Waals surface area contributed by atoms with Gasteiger partial charge in [0.2, 0.25) is 5.82 Å². The van der Waals surface area contributed by atoms with E-state index in [1.165, 1.54) is 7.11 Å². The van der Waals surface area contributed by atoms with Crippen molar-refractivity contribution in [2.75, 3.05) is 14.2 Å². The topological polar surface area (TPSA) is 77.6 Å². The van der Waals surface area contributed by atoms with Crippen molar-refractivity contribution in [2.24, 2.45) is 0 Å². The second-order valence-electron chi connectivity index (χ2n) is 5.22. The zero-order valence-corrected chi connectivity index (χ0v) is 12.1. The van der Waals surface area contributed by atoms with Crippen LogP contribution in [-0.2, 0) is 10.3 Å². The Hall–Kier alpha value is -2.08. The molecule has 0 atom stereocenters. The van der Waals surface area contributed by atoms with Crippen LogP contribution in [0.1, 0.15) is 31.5 Å². The number of rotatable bonds is 4. The molecule has 1 aliphatic rings. The van der Waals surface area contributed by atoms with Crippen LogP contribution >= 0.6 is 0 Å². The van der Waals surface area contributed by atoms with Crippen molar-refractivity contribution in [1.29, 1.82) is 0 Å². The molecule has 112 valence electrons. The monoisotopic (exact) mass is 290 g/mol. The lowest BCUT2D eigenvalue weighted by molar-refractivity contribution is -0.0178. The Morgan fingerprint density at radius 2 is 2.00 bits per heavy atom. The first-order valence-corrected chi connectivity index (χ1v) is 6.95. The fourth-order valence-electron chi connectivity index (χ4n) is 2.80. The second-order valence-corrected chi connectivity index (χ2v) is 5.22. The minimum Gasteiger partial charge on any atom is -0.504 e. The van der Waals surface area contributed by atoms with Gasteiger partial charge in [-0.1, -0.05) is 5.16 Å². The van der Waals surface area contributed by atoms with Crippen LogP contribution in [0.25, 0.3) is 11.5 Å². The summed E-state index contributed by atoms with van der Waals surface area (Å²) in [6.07, 6.45) is 4.01. The summed E-state index contributed by atoms with van der Waals surface area (Å²) in [4.78, 5) is 4.47. The Morgan fingerprint density at radius 1 is 1.24 bits per heavy atom. The van der Waals surface area contributed by atoms with Gasteiger partial charge in [0, 0.05) is 12.7 Å². The Bertz CT molecular complexity index is 632. The number of aromatic nitrogens is 2. The van der Waals surface area contributed by atoms with Crippen LogP contribution < -0.4 is 4.74 Å². The molecule has 1 saturated carbocycles. The third-order valence-electron chi connectivity index (χ3n) is 4.06. The van der Waals surface area contributed by atoms with Gasteiger partial charge in [-0.15, -0.1) is 0 Å². The van der Waals surface area contributed by atoms with Crippen molar-refractivity contribution < 1.29 is 19.1 Å². The van der Waals surface area contributed by atoms with E-state index in [4.69, 9.17) is 14.0 Å². The number of ether oxygens (including phenoxy) is 2. The van der Waals surface area contributed by atoms with Crippen LogP contribution in [0.2, 0.25) is 0 Å². The highest BCUT2D eigenvalue weighted by Gasteiger charge is 2.40. The molecule has 21 heavy (non-hydrogen) atoms. The average Bonchev–Trinajstić information content (AvgIpc) is 3.17. The Labute approximate surface area is 122 Å². The molecule has 1 N–H and O–H groups in total. The summed E-state index contributed by atoms with van der Waals surface area (Å²) < 4.78 is 16.1. The summed E-state index contributed by atoms with van der Waals surface area (Å²) in [5.41, 5.74) is 0.274. The van der Waals surface area contributed by atoms with Crippen LogP contribution in [0.3, 0.4) is 0 Å². The summed E-state index contributed by atoms with van der Waals surface area (Å²) in [6.45, 7) is 0. The smallest absolute Gasteiger partial charge is 0.258 e. The predicted molar refractivity (Wildman–Crippen MR) is 75.1 cm³/mol. The summed E-state index contributed by atoms with van der Waals surface area (Å²) >= 11 is 0. The van der Waals surface area contributed by atoms with Crippen molar-refractivity contribution in [3.8, 4) is 23.0 Å². The van der Waals surface area contributed by atoms with Crippen LogP contribution in [0.15, 0.2) is 22.7 Å². The van der Waals surface area contributed by atoms with E-state index in [9.17, 15) is 5.11 Å². The number of hydrogen-bond acceptors (Lipinski definition) is 6. The lowest BCUT2D eigenvalue weighted by Crippen LogP contribution is -2.25. The molecule has 0 unspecified atom stereocenters. The molecule has 1 aromatic heterocycles. The van der Waals surface area contributed by atoms with Crippen molar-refractivity contribution >= 4 is 0 Å². The van der Waals surface area contributed by atoms with Gasteiger partial charge in [0.25, 0.3) is 5.89 Å². The van der Waals surface area contributed by atoms with Gasteiger partial charge in [0.05, 0.1) is 7.11 Å². The van der Waals surface area contributed by atoms with E-state index in [2.05, 4.69) is 10.1 Å². The van der Waals surface area contributed by atoms with Crippen molar-refractivity contribution in [3.63, 3.8) is 0 Å². The minimum absolute atomic E-state index is 0.0742. The maximum Gasteiger partial charge on any atom is 0.258 e. The first-order valence-electron chi connectivity index (χ1n) is 6.95. The summed E-state index contributed by atoms with van der Waals surface area (Å²) in [5, 5.41) is 13.7. The number of aromatic hydroxyl groups is 1. The number of nitrogens with zero attached hydrogens (tertiary/aromatic N) is 2. The minimum atomic E-state index is -0.428. The first kappa shape index (κ1) is 13.9. The summed E-state index contributed by atoms with van der Waals surface area (Å²) in [6, 6.07) is 4.92. The number of phenolic OH excluding ortho intramolecular Hbond substituents is 1. The van der Waals surface area contributed by atoms with Gasteiger partial charge in [-0.2, -0.15) is 4.98 Å². The largest absolute Gasteiger partial charge is 0.504 e. The molecular weight excluding hydrogens is 272 g/mol. The fourth-order valence-corrected chi connectivity index (χ4v) is 2.80. The van der Waals surface area contributed by atoms with Crippen molar-refractivity contribution in [3.05, 3.63) is 24.0 Å². The van der Waals surface area contributed by atoms with Crippen molar-refractivity contribution in [2.45, 2.75) is 31.3 Å². The maximum atomic E-state index is 9.63. The molecule has 0 spiro atoms. The number of phenols is 1. The zero-order valence-electron chi connectivity index (χ0n) is 12.1. The highest BCUT2D eigenvalue weighted by atomic mass is 16.5. The van der Waals surface area contributed by atoms with Gasteiger partial charge < -0.3 is 19.1 Å². The molecule has 0 radical (unpaired) electrons. The molecule has 6 nitrogen and oxygen atoms in total. The molecule has 6 heteroatoms. The zero-order chi connectivity index (χ0) is 14.9. The van der Waals surface area contributed by atoms with E-state index in [0.717, 1.165) is 25.7 Å². The molecule has 1 aromatic carbocycles. The highest BCUT2D eigenvalue weighted by molar-refractivity contribution is 5.59. The number of hydrogen-bond donors (Lipinski definition) is 1. The lowest BCUT2D eigenvalue weighted by Gasteiger charge is -2.22. The molecule has 3 rings (SSSR count). The molecule has 2 aromatic rings.